The van der Waals surface area contributed by atoms with E-state index in [2.05, 4.69) is 185 Å². The monoisotopic (exact) mass is 754 g/mol. The van der Waals surface area contributed by atoms with Crippen LogP contribution in [0, 0.1) is 0 Å². The summed E-state index contributed by atoms with van der Waals surface area (Å²) in [5.41, 5.74) is 14.1. The summed E-state index contributed by atoms with van der Waals surface area (Å²) in [5, 5.41) is 11.4. The number of benzene rings is 6. The maximum absolute atomic E-state index is 6.72. The van der Waals surface area contributed by atoms with Gasteiger partial charge in [0, 0.05) is 54.7 Å². The standard InChI is InChI=1S/C51H38N4OS/c1-3-12-31(13-4-1)49-52-50(32-14-5-2-6-15-32)54-51(53-49)34-23-27-46-42(28-34)39-25-22-33(29-47(39)57-46)36-18-11-19-40-41-30-35(24-26-45(41)56-48(36)40)55-43-20-9-7-16-37(43)38-17-8-10-21-44(38)55/h1-7,9-16,18-30,39,47,49-50,52H,8,17H2,(H,53,54). The van der Waals surface area contributed by atoms with Gasteiger partial charge in [0.05, 0.1) is 5.52 Å². The molecule has 2 aromatic heterocycles. The summed E-state index contributed by atoms with van der Waals surface area (Å²) in [6.07, 6.45) is 13.7. The SMILES string of the molecule is C1=Cc2c(c3ccccc3n2-c2ccc3oc4c(C5=CC6Sc7ccc(C8=NC(c9ccccc9)NC(c9ccccc9)N8)cc7C6C=C5)cccc4c3c2)CC1. The lowest BCUT2D eigenvalue weighted by Gasteiger charge is -2.32. The molecule has 0 fully saturated rings. The van der Waals surface area contributed by atoms with Crippen LogP contribution in [0.1, 0.15) is 63.7 Å². The fraction of sp³-hybridized carbons (Fsp3) is 0.118. The Morgan fingerprint density at radius 2 is 1.56 bits per heavy atom. The van der Waals surface area contributed by atoms with Crippen LogP contribution in [0.15, 0.2) is 178 Å². The molecule has 4 heterocycles. The van der Waals surface area contributed by atoms with E-state index in [1.165, 1.54) is 43.8 Å². The number of fused-ring (bicyclic) bond motifs is 9. The van der Waals surface area contributed by atoms with E-state index in [4.69, 9.17) is 9.41 Å². The van der Waals surface area contributed by atoms with Crippen molar-refractivity contribution in [2.24, 2.45) is 4.99 Å². The number of thioether (sulfide) groups is 1. The van der Waals surface area contributed by atoms with Crippen LogP contribution in [0.25, 0.3) is 50.2 Å². The van der Waals surface area contributed by atoms with E-state index in [0.29, 0.717) is 5.25 Å². The Kier molecular flexibility index (Phi) is 7.57. The fourth-order valence-electron chi connectivity index (χ4n) is 9.38. The molecule has 2 aliphatic carbocycles. The van der Waals surface area contributed by atoms with Crippen molar-refractivity contribution in [1.82, 2.24) is 15.2 Å². The molecule has 6 aromatic carbocycles. The lowest BCUT2D eigenvalue weighted by molar-refractivity contribution is 0.409. The quantitative estimate of drug-likeness (QED) is 0.184. The summed E-state index contributed by atoms with van der Waals surface area (Å²) in [6.45, 7) is 0. The van der Waals surface area contributed by atoms with Gasteiger partial charge in [-0.15, -0.1) is 11.8 Å². The van der Waals surface area contributed by atoms with Crippen molar-refractivity contribution < 1.29 is 4.42 Å². The van der Waals surface area contributed by atoms with Gasteiger partial charge >= 0.3 is 0 Å². The van der Waals surface area contributed by atoms with E-state index in [1.807, 2.05) is 11.8 Å². The minimum atomic E-state index is -0.160. The minimum absolute atomic E-state index is 0.0665. The van der Waals surface area contributed by atoms with Crippen LogP contribution < -0.4 is 10.6 Å². The molecule has 57 heavy (non-hydrogen) atoms. The number of allylic oxidation sites excluding steroid dienone is 4. The normalized spacial score (nSPS) is 20.9. The van der Waals surface area contributed by atoms with Gasteiger partial charge in [-0.2, -0.15) is 0 Å². The molecule has 274 valence electrons. The van der Waals surface area contributed by atoms with E-state index in [1.54, 1.807) is 0 Å². The Balaban J connectivity index is 0.874. The van der Waals surface area contributed by atoms with Gasteiger partial charge in [0.15, 0.2) is 0 Å². The topological polar surface area (TPSA) is 54.5 Å². The van der Waals surface area contributed by atoms with E-state index in [0.717, 1.165) is 63.0 Å². The van der Waals surface area contributed by atoms with Gasteiger partial charge in [0.2, 0.25) is 0 Å². The summed E-state index contributed by atoms with van der Waals surface area (Å²) in [4.78, 5) is 6.55. The molecule has 0 saturated heterocycles. The third-order valence-corrected chi connectivity index (χ3v) is 13.4. The largest absolute Gasteiger partial charge is 0.455 e. The zero-order chi connectivity index (χ0) is 37.5. The van der Waals surface area contributed by atoms with E-state index < -0.39 is 0 Å². The summed E-state index contributed by atoms with van der Waals surface area (Å²) in [6, 6.07) is 50.0. The third kappa shape index (κ3) is 5.39. The molecule has 12 rings (SSSR count). The molecule has 4 aliphatic rings. The smallest absolute Gasteiger partial charge is 0.143 e. The van der Waals surface area contributed by atoms with E-state index in [9.17, 15) is 0 Å². The van der Waals surface area contributed by atoms with Crippen molar-refractivity contribution >= 4 is 62.1 Å². The lowest BCUT2D eigenvalue weighted by atomic mass is 9.87. The van der Waals surface area contributed by atoms with E-state index >= 15 is 0 Å². The Bertz CT molecular complexity index is 3020. The van der Waals surface area contributed by atoms with Crippen LogP contribution in [0.5, 0.6) is 0 Å². The van der Waals surface area contributed by atoms with Crippen LogP contribution in [0.3, 0.4) is 0 Å². The van der Waals surface area contributed by atoms with Gasteiger partial charge in [-0.3, -0.25) is 5.32 Å². The average molecular weight is 755 g/mol. The highest BCUT2D eigenvalue weighted by Crippen LogP contribution is 2.51. The molecule has 8 aromatic rings. The van der Waals surface area contributed by atoms with Gasteiger partial charge in [-0.1, -0.05) is 127 Å². The summed E-state index contributed by atoms with van der Waals surface area (Å²) in [5.74, 6) is 1.18. The molecule has 0 spiro atoms. The lowest BCUT2D eigenvalue weighted by Crippen LogP contribution is -2.45. The number of aryl methyl sites for hydroxylation is 1. The summed E-state index contributed by atoms with van der Waals surface area (Å²) < 4.78 is 9.14. The maximum atomic E-state index is 6.72. The van der Waals surface area contributed by atoms with Crippen molar-refractivity contribution in [3.63, 3.8) is 0 Å². The number of rotatable bonds is 5. The Labute approximate surface area is 335 Å². The second-order valence-electron chi connectivity index (χ2n) is 15.4. The molecule has 0 amide bonds. The number of aliphatic imine (C=N–C) groups is 1. The van der Waals surface area contributed by atoms with Crippen LogP contribution in [-0.2, 0) is 6.42 Å². The zero-order valence-electron chi connectivity index (χ0n) is 31.1. The van der Waals surface area contributed by atoms with Gasteiger partial charge < -0.3 is 14.3 Å². The van der Waals surface area contributed by atoms with Gasteiger partial charge in [0.1, 0.15) is 29.3 Å². The number of nitrogens with one attached hydrogen (secondary N) is 2. The molecule has 5 nitrogen and oxygen atoms in total. The highest BCUT2D eigenvalue weighted by atomic mass is 32.2. The molecule has 2 aliphatic heterocycles. The first-order valence-corrected chi connectivity index (χ1v) is 20.8. The molecule has 2 N–H and O–H groups in total. The molecule has 0 saturated carbocycles. The summed E-state index contributed by atoms with van der Waals surface area (Å²) >= 11 is 1.95. The van der Waals surface area contributed by atoms with Gasteiger partial charge in [-0.25, -0.2) is 4.99 Å². The van der Waals surface area contributed by atoms with Crippen molar-refractivity contribution in [1.29, 1.82) is 0 Å². The van der Waals surface area contributed by atoms with Crippen LogP contribution in [0.2, 0.25) is 0 Å². The minimum Gasteiger partial charge on any atom is -0.455 e. The van der Waals surface area contributed by atoms with Crippen LogP contribution in [-0.4, -0.2) is 15.7 Å². The highest BCUT2D eigenvalue weighted by molar-refractivity contribution is 8.00. The molecule has 4 atom stereocenters. The molecule has 6 heteroatoms. The number of furan rings is 1. The van der Waals surface area contributed by atoms with Crippen molar-refractivity contribution in [3.05, 3.63) is 203 Å². The number of para-hydroxylation sites is 2. The molecule has 4 unspecified atom stereocenters. The van der Waals surface area contributed by atoms with Gasteiger partial charge in [-0.05, 0) is 83.1 Å². The Morgan fingerprint density at radius 1 is 0.737 bits per heavy atom. The van der Waals surface area contributed by atoms with Crippen molar-refractivity contribution in [2.75, 3.05) is 0 Å². The van der Waals surface area contributed by atoms with Crippen LogP contribution in [0.4, 0.5) is 0 Å². The van der Waals surface area contributed by atoms with E-state index in [-0.39, 0.29) is 18.2 Å². The molecule has 0 bridgehead atoms. The number of hydrogen-bond donors (Lipinski definition) is 2. The summed E-state index contributed by atoms with van der Waals surface area (Å²) in [7, 11) is 0. The second kappa shape index (κ2) is 13.1. The average Bonchev–Trinajstić information content (AvgIpc) is 3.95. The molecular formula is C51H38N4OS. The third-order valence-electron chi connectivity index (χ3n) is 12.1. The molecule has 0 radical (unpaired) electrons. The number of hydrogen-bond acceptors (Lipinski definition) is 5. The maximum Gasteiger partial charge on any atom is 0.143 e. The van der Waals surface area contributed by atoms with Crippen molar-refractivity contribution in [3.8, 4) is 5.69 Å². The second-order valence-corrected chi connectivity index (χ2v) is 16.6. The first-order valence-electron chi connectivity index (χ1n) is 19.9. The van der Waals surface area contributed by atoms with Gasteiger partial charge in [0.25, 0.3) is 0 Å². The first-order chi connectivity index (χ1) is 28.2. The highest BCUT2D eigenvalue weighted by Gasteiger charge is 2.34. The fourth-order valence-corrected chi connectivity index (χ4v) is 10.7. The predicted octanol–water partition coefficient (Wildman–Crippen LogP) is 12.0. The first kappa shape index (κ1) is 32.9. The number of nitrogens with zero attached hydrogens (tertiary/aromatic N) is 2. The van der Waals surface area contributed by atoms with Crippen LogP contribution >= 0.6 is 11.8 Å². The Hall–Kier alpha value is -6.34. The predicted molar refractivity (Wildman–Crippen MR) is 235 cm³/mol. The molecular weight excluding hydrogens is 717 g/mol. The Morgan fingerprint density at radius 3 is 2.46 bits per heavy atom. The number of aromatic nitrogens is 1. The number of amidine groups is 1. The zero-order valence-corrected chi connectivity index (χ0v) is 31.9. The van der Waals surface area contributed by atoms with Crippen molar-refractivity contribution in [2.45, 2.75) is 41.2 Å².